The Hall–Kier alpha value is -0.570. The van der Waals surface area contributed by atoms with Crippen molar-refractivity contribution in [1.82, 2.24) is 10.2 Å². The monoisotopic (exact) mass is 264 g/mol. The van der Waals surface area contributed by atoms with Gasteiger partial charge < -0.3 is 10.2 Å². The zero-order chi connectivity index (χ0) is 13.6. The van der Waals surface area contributed by atoms with Crippen molar-refractivity contribution in [1.29, 1.82) is 0 Å². The number of nitrogens with one attached hydrogen (secondary N) is 1. The van der Waals surface area contributed by atoms with Crippen molar-refractivity contribution in [3.8, 4) is 0 Å². The van der Waals surface area contributed by atoms with E-state index in [0.29, 0.717) is 11.9 Å². The van der Waals surface area contributed by atoms with Crippen LogP contribution < -0.4 is 5.32 Å². The molecule has 0 aromatic rings. The lowest BCUT2D eigenvalue weighted by Crippen LogP contribution is -2.57. The van der Waals surface area contributed by atoms with Gasteiger partial charge in [0.2, 0.25) is 5.91 Å². The topological polar surface area (TPSA) is 32.3 Å². The molecule has 108 valence electrons. The predicted octanol–water partition coefficient (Wildman–Crippen LogP) is 2.55. The number of likely N-dealkylation sites (N-methyl/N-ethyl adjacent to an activating group) is 1. The summed E-state index contributed by atoms with van der Waals surface area (Å²) in [6.07, 6.45) is 8.55. The van der Waals surface area contributed by atoms with Crippen LogP contribution in [0.2, 0.25) is 0 Å². The first-order valence-electron chi connectivity index (χ1n) is 8.03. The van der Waals surface area contributed by atoms with Gasteiger partial charge in [-0.2, -0.15) is 0 Å². The minimum atomic E-state index is 0.0368. The lowest BCUT2D eigenvalue weighted by atomic mass is 9.88. The summed E-state index contributed by atoms with van der Waals surface area (Å²) in [6, 6.07) is 0.541. The highest BCUT2D eigenvalue weighted by Crippen LogP contribution is 2.51. The van der Waals surface area contributed by atoms with Gasteiger partial charge in [0.05, 0.1) is 6.04 Å². The first kappa shape index (κ1) is 13.4. The Morgan fingerprint density at radius 2 is 1.95 bits per heavy atom. The molecule has 1 saturated heterocycles. The van der Waals surface area contributed by atoms with E-state index in [-0.39, 0.29) is 11.6 Å². The van der Waals surface area contributed by atoms with E-state index in [1.165, 1.54) is 25.7 Å². The molecule has 0 radical (unpaired) electrons. The van der Waals surface area contributed by atoms with E-state index in [0.717, 1.165) is 31.1 Å². The number of rotatable bonds is 2. The van der Waals surface area contributed by atoms with Gasteiger partial charge in [0, 0.05) is 11.6 Å². The predicted molar refractivity (Wildman–Crippen MR) is 76.9 cm³/mol. The summed E-state index contributed by atoms with van der Waals surface area (Å²) in [5, 5.41) is 3.23. The van der Waals surface area contributed by atoms with Gasteiger partial charge >= 0.3 is 0 Å². The van der Waals surface area contributed by atoms with Crippen molar-refractivity contribution in [2.45, 2.75) is 76.4 Å². The van der Waals surface area contributed by atoms with Crippen LogP contribution in [0.5, 0.6) is 0 Å². The fourth-order valence-electron chi connectivity index (χ4n) is 4.45. The molecule has 4 unspecified atom stereocenters. The van der Waals surface area contributed by atoms with Gasteiger partial charge in [0.15, 0.2) is 0 Å². The van der Waals surface area contributed by atoms with Crippen molar-refractivity contribution in [3.63, 3.8) is 0 Å². The molecule has 1 heterocycles. The molecule has 3 fully saturated rings. The lowest BCUT2D eigenvalue weighted by Gasteiger charge is -2.45. The highest BCUT2D eigenvalue weighted by Gasteiger charge is 2.48. The second-order valence-corrected chi connectivity index (χ2v) is 7.48. The Balaban J connectivity index is 1.82. The third-order valence-electron chi connectivity index (χ3n) is 5.70. The molecule has 0 spiro atoms. The zero-order valence-corrected chi connectivity index (χ0v) is 12.6. The van der Waals surface area contributed by atoms with E-state index in [1.807, 2.05) is 7.05 Å². The minimum Gasteiger partial charge on any atom is -0.333 e. The van der Waals surface area contributed by atoms with Crippen LogP contribution in [0.4, 0.5) is 0 Å². The lowest BCUT2D eigenvalue weighted by molar-refractivity contribution is -0.142. The second kappa shape index (κ2) is 4.76. The molecular formula is C16H28N2O. The molecule has 0 aromatic carbocycles. The van der Waals surface area contributed by atoms with Gasteiger partial charge in [-0.15, -0.1) is 0 Å². The summed E-state index contributed by atoms with van der Waals surface area (Å²) in [5.41, 5.74) is 0.0368. The molecule has 1 N–H and O–H groups in total. The van der Waals surface area contributed by atoms with E-state index in [4.69, 9.17) is 0 Å². The maximum absolute atomic E-state index is 12.9. The molecule has 4 atom stereocenters. The van der Waals surface area contributed by atoms with E-state index in [9.17, 15) is 4.79 Å². The summed E-state index contributed by atoms with van der Waals surface area (Å²) < 4.78 is 0. The van der Waals surface area contributed by atoms with E-state index in [1.54, 1.807) is 0 Å². The van der Waals surface area contributed by atoms with Gasteiger partial charge in [0.25, 0.3) is 0 Å². The minimum absolute atomic E-state index is 0.0368. The van der Waals surface area contributed by atoms with E-state index in [2.05, 4.69) is 24.1 Å². The average Bonchev–Trinajstić information content (AvgIpc) is 3.12. The number of hydrogen-bond acceptors (Lipinski definition) is 2. The van der Waals surface area contributed by atoms with Crippen molar-refractivity contribution < 1.29 is 4.79 Å². The molecule has 3 nitrogen and oxygen atoms in total. The van der Waals surface area contributed by atoms with Gasteiger partial charge in [-0.25, -0.2) is 0 Å². The number of amides is 1. The molecule has 1 amide bonds. The third kappa shape index (κ3) is 2.42. The number of nitrogens with zero attached hydrogens (tertiary/aromatic N) is 1. The molecule has 1 aliphatic heterocycles. The summed E-state index contributed by atoms with van der Waals surface area (Å²) in [4.78, 5) is 15.1. The highest BCUT2D eigenvalue weighted by atomic mass is 16.2. The van der Waals surface area contributed by atoms with Gasteiger partial charge in [-0.05, 0) is 77.7 Å². The van der Waals surface area contributed by atoms with Crippen LogP contribution in [0.15, 0.2) is 0 Å². The standard InChI is InChI=1S/C16H28N2O/c1-16(2)8-4-5-14(17-3)15(19)18(16)13-7-6-11-9-12(11)10-13/h11-14,17H,4-10H2,1-3H3. The van der Waals surface area contributed by atoms with Gasteiger partial charge in [-0.1, -0.05) is 0 Å². The smallest absolute Gasteiger partial charge is 0.240 e. The average molecular weight is 264 g/mol. The summed E-state index contributed by atoms with van der Waals surface area (Å²) >= 11 is 0. The Bertz CT molecular complexity index is 366. The van der Waals surface area contributed by atoms with E-state index >= 15 is 0 Å². The second-order valence-electron chi connectivity index (χ2n) is 7.48. The molecule has 3 heteroatoms. The number of fused-ring (bicyclic) bond motifs is 1. The molecule has 0 bridgehead atoms. The number of carbonyl (C=O) groups excluding carboxylic acids is 1. The van der Waals surface area contributed by atoms with Crippen LogP contribution in [0.25, 0.3) is 0 Å². The fraction of sp³-hybridized carbons (Fsp3) is 0.938. The zero-order valence-electron chi connectivity index (χ0n) is 12.6. The summed E-state index contributed by atoms with van der Waals surface area (Å²) in [6.45, 7) is 4.53. The summed E-state index contributed by atoms with van der Waals surface area (Å²) in [7, 11) is 1.93. The summed E-state index contributed by atoms with van der Waals surface area (Å²) in [5.74, 6) is 2.29. The molecule has 2 saturated carbocycles. The van der Waals surface area contributed by atoms with Crippen LogP contribution in [-0.2, 0) is 4.79 Å². The Morgan fingerprint density at radius 1 is 1.16 bits per heavy atom. The number of carbonyl (C=O) groups is 1. The van der Waals surface area contributed by atoms with Crippen molar-refractivity contribution in [2.24, 2.45) is 11.8 Å². The van der Waals surface area contributed by atoms with Crippen LogP contribution in [-0.4, -0.2) is 35.5 Å². The van der Waals surface area contributed by atoms with Gasteiger partial charge in [-0.3, -0.25) is 4.79 Å². The van der Waals surface area contributed by atoms with Crippen LogP contribution in [0, 0.1) is 11.8 Å². The molecule has 19 heavy (non-hydrogen) atoms. The Morgan fingerprint density at radius 3 is 2.63 bits per heavy atom. The van der Waals surface area contributed by atoms with Crippen molar-refractivity contribution >= 4 is 5.91 Å². The number of likely N-dealkylation sites (tertiary alicyclic amines) is 1. The Labute approximate surface area is 117 Å². The molecule has 0 aromatic heterocycles. The molecular weight excluding hydrogens is 236 g/mol. The Kier molecular flexibility index (Phi) is 3.36. The largest absolute Gasteiger partial charge is 0.333 e. The van der Waals surface area contributed by atoms with Crippen LogP contribution in [0.1, 0.15) is 58.8 Å². The quantitative estimate of drug-likeness (QED) is 0.831. The number of hydrogen-bond donors (Lipinski definition) is 1. The first-order valence-corrected chi connectivity index (χ1v) is 8.03. The SMILES string of the molecule is CNC1CCCC(C)(C)N(C2CCC3CC3C2)C1=O. The maximum Gasteiger partial charge on any atom is 0.240 e. The highest BCUT2D eigenvalue weighted by molar-refractivity contribution is 5.83. The maximum atomic E-state index is 12.9. The molecule has 3 aliphatic rings. The van der Waals surface area contributed by atoms with Crippen molar-refractivity contribution in [2.75, 3.05) is 7.05 Å². The molecule has 3 rings (SSSR count). The molecule has 2 aliphatic carbocycles. The first-order chi connectivity index (χ1) is 9.03. The van der Waals surface area contributed by atoms with Crippen LogP contribution in [0.3, 0.4) is 0 Å². The normalized spacial score (nSPS) is 41.6. The van der Waals surface area contributed by atoms with E-state index < -0.39 is 0 Å². The third-order valence-corrected chi connectivity index (χ3v) is 5.70. The fourth-order valence-corrected chi connectivity index (χ4v) is 4.45. The van der Waals surface area contributed by atoms with Crippen LogP contribution >= 0.6 is 0 Å². The van der Waals surface area contributed by atoms with Crippen molar-refractivity contribution in [3.05, 3.63) is 0 Å². The van der Waals surface area contributed by atoms with Gasteiger partial charge in [0.1, 0.15) is 0 Å².